The van der Waals surface area contributed by atoms with Gasteiger partial charge in [-0.3, -0.25) is 24.6 Å². The molecular weight excluding hydrogens is 410 g/mol. The summed E-state index contributed by atoms with van der Waals surface area (Å²) in [6.07, 6.45) is 2.70. The maximum Gasteiger partial charge on any atom is 0.250 e. The SMILES string of the molecule is CSCCC1NC2(C(=O)Nc3c(Cl)cc(C)cc32)C2C(=O)N(C(C)(C)C)C(=O)C12. The number of nitrogens with zero attached hydrogens (tertiary/aromatic N) is 1. The quantitative estimate of drug-likeness (QED) is 0.714. The number of anilines is 1. The fourth-order valence-electron chi connectivity index (χ4n) is 5.15. The molecule has 1 aromatic rings. The highest BCUT2D eigenvalue weighted by molar-refractivity contribution is 7.98. The number of carbonyl (C=O) groups excluding carboxylic acids is 3. The lowest BCUT2D eigenvalue weighted by Gasteiger charge is -2.34. The number of imide groups is 1. The first kappa shape index (κ1) is 20.7. The van der Waals surface area contributed by atoms with Gasteiger partial charge in [-0.25, -0.2) is 0 Å². The molecule has 2 saturated heterocycles. The molecule has 29 heavy (non-hydrogen) atoms. The van der Waals surface area contributed by atoms with E-state index in [2.05, 4.69) is 10.6 Å². The van der Waals surface area contributed by atoms with Crippen LogP contribution >= 0.6 is 23.4 Å². The molecule has 4 atom stereocenters. The van der Waals surface area contributed by atoms with Crippen LogP contribution in [0.25, 0.3) is 0 Å². The van der Waals surface area contributed by atoms with Gasteiger partial charge in [0.25, 0.3) is 0 Å². The molecule has 8 heteroatoms. The van der Waals surface area contributed by atoms with E-state index >= 15 is 0 Å². The average Bonchev–Trinajstić information content (AvgIpc) is 3.19. The molecule has 3 amide bonds. The molecule has 0 aliphatic carbocycles. The van der Waals surface area contributed by atoms with Crippen molar-refractivity contribution in [3.8, 4) is 0 Å². The van der Waals surface area contributed by atoms with Crippen molar-refractivity contribution < 1.29 is 14.4 Å². The number of halogens is 1. The molecule has 0 aromatic heterocycles. The minimum atomic E-state index is -1.27. The molecule has 3 aliphatic heterocycles. The van der Waals surface area contributed by atoms with Gasteiger partial charge in [0.1, 0.15) is 5.54 Å². The number of nitrogens with one attached hydrogen (secondary N) is 2. The summed E-state index contributed by atoms with van der Waals surface area (Å²) in [6, 6.07) is 3.44. The van der Waals surface area contributed by atoms with Gasteiger partial charge in [0.2, 0.25) is 17.7 Å². The Labute approximate surface area is 180 Å². The van der Waals surface area contributed by atoms with E-state index in [-0.39, 0.29) is 23.8 Å². The first-order valence-electron chi connectivity index (χ1n) is 9.80. The normalized spacial score (nSPS) is 30.9. The summed E-state index contributed by atoms with van der Waals surface area (Å²) in [4.78, 5) is 41.7. The van der Waals surface area contributed by atoms with Gasteiger partial charge in [-0.05, 0) is 57.8 Å². The monoisotopic (exact) mass is 435 g/mol. The van der Waals surface area contributed by atoms with Crippen molar-refractivity contribution in [2.75, 3.05) is 17.3 Å². The van der Waals surface area contributed by atoms with Crippen LogP contribution in [0.2, 0.25) is 5.02 Å². The molecule has 1 aromatic carbocycles. The molecule has 156 valence electrons. The molecule has 3 heterocycles. The minimum absolute atomic E-state index is 0.192. The third-order valence-electron chi connectivity index (χ3n) is 6.22. The summed E-state index contributed by atoms with van der Waals surface area (Å²) in [7, 11) is 0. The van der Waals surface area contributed by atoms with Crippen molar-refractivity contribution in [1.82, 2.24) is 10.2 Å². The predicted octanol–water partition coefficient (Wildman–Crippen LogP) is 2.92. The van der Waals surface area contributed by atoms with Gasteiger partial charge >= 0.3 is 0 Å². The molecule has 1 spiro atoms. The summed E-state index contributed by atoms with van der Waals surface area (Å²) in [5, 5.41) is 6.77. The average molecular weight is 436 g/mol. The number of rotatable bonds is 3. The highest BCUT2D eigenvalue weighted by Gasteiger charge is 2.71. The fraction of sp³-hybridized carbons (Fsp3) is 0.571. The standard InChI is InChI=1S/C21H26ClN3O3S/c1-10-8-11-16(12(22)9-10)23-19(28)21(11)15-14(13(24-21)6-7-29-5)17(26)25(18(15)27)20(2,3)4/h8-9,13-15,24H,6-7H2,1-5H3,(H,23,28). The van der Waals surface area contributed by atoms with E-state index in [0.29, 0.717) is 22.7 Å². The van der Waals surface area contributed by atoms with E-state index in [1.165, 1.54) is 4.90 Å². The number of amides is 3. The predicted molar refractivity (Wildman–Crippen MR) is 115 cm³/mol. The fourth-order valence-corrected chi connectivity index (χ4v) is 5.96. The summed E-state index contributed by atoms with van der Waals surface area (Å²) in [5.74, 6) is -1.30. The minimum Gasteiger partial charge on any atom is -0.323 e. The van der Waals surface area contributed by atoms with Crippen molar-refractivity contribution in [3.63, 3.8) is 0 Å². The second-order valence-electron chi connectivity index (χ2n) is 9.15. The maximum absolute atomic E-state index is 13.6. The topological polar surface area (TPSA) is 78.5 Å². The summed E-state index contributed by atoms with van der Waals surface area (Å²) in [5.41, 5.74) is 0.191. The van der Waals surface area contributed by atoms with Crippen LogP contribution in [0.15, 0.2) is 12.1 Å². The van der Waals surface area contributed by atoms with Crippen LogP contribution in [0, 0.1) is 18.8 Å². The molecule has 0 bridgehead atoms. The van der Waals surface area contributed by atoms with Gasteiger partial charge in [-0.1, -0.05) is 17.7 Å². The number of hydrogen-bond acceptors (Lipinski definition) is 5. The molecule has 0 radical (unpaired) electrons. The number of fused-ring (bicyclic) bond motifs is 4. The van der Waals surface area contributed by atoms with Gasteiger partial charge in [0.15, 0.2) is 0 Å². The highest BCUT2D eigenvalue weighted by atomic mass is 35.5. The number of hydrogen-bond donors (Lipinski definition) is 2. The van der Waals surface area contributed by atoms with Crippen molar-refractivity contribution in [1.29, 1.82) is 0 Å². The highest BCUT2D eigenvalue weighted by Crippen LogP contribution is 2.55. The second-order valence-corrected chi connectivity index (χ2v) is 10.5. The first-order chi connectivity index (χ1) is 13.5. The third kappa shape index (κ3) is 2.77. The van der Waals surface area contributed by atoms with Crippen molar-refractivity contribution in [3.05, 3.63) is 28.3 Å². The Morgan fingerprint density at radius 1 is 1.21 bits per heavy atom. The van der Waals surface area contributed by atoms with E-state index in [1.54, 1.807) is 17.8 Å². The van der Waals surface area contributed by atoms with Crippen LogP contribution in [0.3, 0.4) is 0 Å². The van der Waals surface area contributed by atoms with Crippen molar-refractivity contribution in [2.45, 2.75) is 51.2 Å². The van der Waals surface area contributed by atoms with Gasteiger partial charge in [0, 0.05) is 17.1 Å². The van der Waals surface area contributed by atoms with E-state index in [0.717, 1.165) is 11.3 Å². The van der Waals surface area contributed by atoms with Crippen LogP contribution < -0.4 is 10.6 Å². The van der Waals surface area contributed by atoms with Gasteiger partial charge < -0.3 is 5.32 Å². The lowest BCUT2D eigenvalue weighted by atomic mass is 9.76. The first-order valence-corrected chi connectivity index (χ1v) is 11.6. The summed E-state index contributed by atoms with van der Waals surface area (Å²) in [6.45, 7) is 7.46. The Morgan fingerprint density at radius 3 is 2.52 bits per heavy atom. The zero-order valence-electron chi connectivity index (χ0n) is 17.3. The lowest BCUT2D eigenvalue weighted by Crippen LogP contribution is -2.55. The Kier molecular flexibility index (Phi) is 4.80. The summed E-state index contributed by atoms with van der Waals surface area (Å²) < 4.78 is 0. The number of benzene rings is 1. The number of thioether (sulfide) groups is 1. The van der Waals surface area contributed by atoms with Crippen LogP contribution in [-0.4, -0.2) is 46.2 Å². The maximum atomic E-state index is 13.6. The molecule has 2 fully saturated rings. The second kappa shape index (κ2) is 6.72. The molecule has 2 N–H and O–H groups in total. The number of likely N-dealkylation sites (tertiary alicyclic amines) is 1. The Balaban J connectivity index is 1.91. The molecule has 4 unspecified atom stereocenters. The van der Waals surface area contributed by atoms with Gasteiger partial charge in [-0.2, -0.15) is 11.8 Å². The van der Waals surface area contributed by atoms with Gasteiger partial charge in [-0.15, -0.1) is 0 Å². The zero-order valence-corrected chi connectivity index (χ0v) is 18.8. The zero-order chi connectivity index (χ0) is 21.3. The molecular formula is C21H26ClN3O3S. The Morgan fingerprint density at radius 2 is 1.90 bits per heavy atom. The molecule has 4 rings (SSSR count). The van der Waals surface area contributed by atoms with Crippen LogP contribution in [-0.2, 0) is 19.9 Å². The lowest BCUT2D eigenvalue weighted by molar-refractivity contribution is -0.147. The smallest absolute Gasteiger partial charge is 0.250 e. The molecule has 0 saturated carbocycles. The third-order valence-corrected chi connectivity index (χ3v) is 7.17. The van der Waals surface area contributed by atoms with Crippen LogP contribution in [0.5, 0.6) is 0 Å². The molecule has 6 nitrogen and oxygen atoms in total. The van der Waals surface area contributed by atoms with Gasteiger partial charge in [0.05, 0.1) is 22.5 Å². The number of aryl methyl sites for hydroxylation is 1. The Hall–Kier alpha value is -1.57. The molecule has 3 aliphatic rings. The van der Waals surface area contributed by atoms with Crippen LogP contribution in [0.1, 0.15) is 38.3 Å². The van der Waals surface area contributed by atoms with E-state index < -0.39 is 22.9 Å². The Bertz CT molecular complexity index is 928. The van der Waals surface area contributed by atoms with Crippen LogP contribution in [0.4, 0.5) is 5.69 Å². The van der Waals surface area contributed by atoms with Crippen molar-refractivity contribution >= 4 is 46.8 Å². The number of carbonyl (C=O) groups is 3. The van der Waals surface area contributed by atoms with E-state index in [9.17, 15) is 14.4 Å². The van der Waals surface area contributed by atoms with E-state index in [4.69, 9.17) is 11.6 Å². The largest absolute Gasteiger partial charge is 0.323 e. The summed E-state index contributed by atoms with van der Waals surface area (Å²) >= 11 is 8.10. The van der Waals surface area contributed by atoms with Crippen molar-refractivity contribution in [2.24, 2.45) is 11.8 Å². The van der Waals surface area contributed by atoms with E-state index in [1.807, 2.05) is 40.0 Å².